The number of nitrogens with one attached hydrogen (secondary N) is 1. The second kappa shape index (κ2) is 10.1. The smallest absolute Gasteiger partial charge is 0.356 e. The van der Waals surface area contributed by atoms with Crippen LogP contribution in [-0.4, -0.2) is 46.6 Å². The molecule has 0 saturated heterocycles. The van der Waals surface area contributed by atoms with Crippen molar-refractivity contribution in [2.75, 3.05) is 23.9 Å². The van der Waals surface area contributed by atoms with Crippen molar-refractivity contribution in [1.82, 2.24) is 9.78 Å². The lowest BCUT2D eigenvalue weighted by atomic mass is 10.0. The molecule has 0 radical (unpaired) electrons. The van der Waals surface area contributed by atoms with E-state index in [1.165, 1.54) is 4.68 Å². The van der Waals surface area contributed by atoms with E-state index in [1.54, 1.807) is 36.3 Å². The number of aromatic nitrogens is 2. The number of aromatic carboxylic acids is 1. The van der Waals surface area contributed by atoms with E-state index in [0.717, 1.165) is 11.4 Å². The number of rotatable bonds is 8. The highest BCUT2D eigenvalue weighted by Crippen LogP contribution is 2.30. The fraction of sp³-hybridized carbons (Fsp3) is 0.179. The second-order valence-corrected chi connectivity index (χ2v) is 8.57. The molecule has 1 aromatic heterocycles. The maximum absolute atomic E-state index is 13.7. The normalized spacial score (nSPS) is 13.6. The molecular formula is C28H26N4O5. The van der Waals surface area contributed by atoms with Crippen molar-refractivity contribution in [3.63, 3.8) is 0 Å². The number of amides is 1. The quantitative estimate of drug-likeness (QED) is 0.342. The van der Waals surface area contributed by atoms with Crippen LogP contribution in [0.25, 0.3) is 5.69 Å². The lowest BCUT2D eigenvalue weighted by molar-refractivity contribution is 0.0688. The summed E-state index contributed by atoms with van der Waals surface area (Å²) in [7, 11) is 1.56. The zero-order valence-electron chi connectivity index (χ0n) is 20.4. The summed E-state index contributed by atoms with van der Waals surface area (Å²) >= 11 is 0. The Bertz CT molecular complexity index is 1430. The third kappa shape index (κ3) is 4.84. The van der Waals surface area contributed by atoms with Gasteiger partial charge in [0.2, 0.25) is 0 Å². The van der Waals surface area contributed by atoms with E-state index in [2.05, 4.69) is 10.4 Å². The topological polar surface area (TPSA) is 106 Å². The molecule has 2 N–H and O–H groups in total. The first-order valence-corrected chi connectivity index (χ1v) is 11.8. The van der Waals surface area contributed by atoms with Crippen LogP contribution >= 0.6 is 0 Å². The number of para-hydroxylation sites is 1. The highest BCUT2D eigenvalue weighted by Gasteiger charge is 2.35. The molecular weight excluding hydrogens is 472 g/mol. The molecule has 3 aromatic carbocycles. The molecule has 0 bridgehead atoms. The Labute approximate surface area is 213 Å². The van der Waals surface area contributed by atoms with Crippen molar-refractivity contribution < 1.29 is 24.2 Å². The van der Waals surface area contributed by atoms with Gasteiger partial charge in [-0.15, -0.1) is 0 Å². The molecule has 1 aliphatic rings. The van der Waals surface area contributed by atoms with Gasteiger partial charge >= 0.3 is 5.97 Å². The molecule has 37 heavy (non-hydrogen) atoms. The summed E-state index contributed by atoms with van der Waals surface area (Å²) in [6, 6.07) is 24.0. The van der Waals surface area contributed by atoms with E-state index < -0.39 is 5.97 Å². The Morgan fingerprint density at radius 2 is 1.76 bits per heavy atom. The van der Waals surface area contributed by atoms with Crippen LogP contribution in [0.5, 0.6) is 11.5 Å². The van der Waals surface area contributed by atoms with Crippen molar-refractivity contribution in [2.45, 2.75) is 19.6 Å². The maximum Gasteiger partial charge on any atom is 0.356 e. The number of fused-ring (bicyclic) bond motifs is 1. The molecule has 4 aromatic rings. The summed E-state index contributed by atoms with van der Waals surface area (Å²) in [4.78, 5) is 27.3. The Morgan fingerprint density at radius 3 is 2.46 bits per heavy atom. The first kappa shape index (κ1) is 23.9. The Kier molecular flexibility index (Phi) is 6.51. The predicted octanol–water partition coefficient (Wildman–Crippen LogP) is 4.62. The number of nitrogens with zero attached hydrogens (tertiary/aromatic N) is 3. The number of carboxylic acids is 1. The van der Waals surface area contributed by atoms with E-state index in [4.69, 9.17) is 9.47 Å². The van der Waals surface area contributed by atoms with E-state index in [9.17, 15) is 14.7 Å². The third-order valence-electron chi connectivity index (χ3n) is 6.12. The van der Waals surface area contributed by atoms with Crippen molar-refractivity contribution in [1.29, 1.82) is 0 Å². The SMILES string of the molecule is COc1ccc(-n2nc(C(=O)O)c3c2C(=O)N(c2cccc(NC(C)Oc4ccccc4)c2)CC3)cc1. The molecule has 9 heteroatoms. The minimum atomic E-state index is -1.16. The van der Waals surface area contributed by atoms with Gasteiger partial charge in [0.05, 0.1) is 12.8 Å². The number of carbonyl (C=O) groups excluding carboxylic acids is 1. The number of hydrogen-bond donors (Lipinski definition) is 2. The molecule has 188 valence electrons. The molecule has 0 spiro atoms. The lowest BCUT2D eigenvalue weighted by Gasteiger charge is -2.28. The summed E-state index contributed by atoms with van der Waals surface area (Å²) in [5, 5.41) is 17.3. The molecule has 9 nitrogen and oxygen atoms in total. The third-order valence-corrected chi connectivity index (χ3v) is 6.12. The van der Waals surface area contributed by atoms with Gasteiger partial charge in [-0.3, -0.25) is 4.79 Å². The van der Waals surface area contributed by atoms with Gasteiger partial charge in [-0.25, -0.2) is 9.48 Å². The summed E-state index contributed by atoms with van der Waals surface area (Å²) in [5.41, 5.74) is 2.61. The Hall–Kier alpha value is -4.79. The summed E-state index contributed by atoms with van der Waals surface area (Å²) in [5.74, 6) is -0.0874. The van der Waals surface area contributed by atoms with E-state index in [0.29, 0.717) is 35.7 Å². The summed E-state index contributed by atoms with van der Waals surface area (Å²) < 4.78 is 12.5. The fourth-order valence-corrected chi connectivity index (χ4v) is 4.42. The fourth-order valence-electron chi connectivity index (χ4n) is 4.42. The first-order valence-electron chi connectivity index (χ1n) is 11.8. The molecule has 1 aliphatic heterocycles. The van der Waals surface area contributed by atoms with Gasteiger partial charge in [0, 0.05) is 23.5 Å². The van der Waals surface area contributed by atoms with Gasteiger partial charge in [0.15, 0.2) is 11.9 Å². The van der Waals surface area contributed by atoms with Gasteiger partial charge in [0.1, 0.15) is 17.2 Å². The lowest BCUT2D eigenvalue weighted by Crippen LogP contribution is -2.39. The van der Waals surface area contributed by atoms with Gasteiger partial charge in [-0.1, -0.05) is 24.3 Å². The number of benzene rings is 3. The first-order chi connectivity index (χ1) is 17.9. The van der Waals surface area contributed by atoms with Crippen LogP contribution in [0, 0.1) is 0 Å². The van der Waals surface area contributed by atoms with Crippen molar-refractivity contribution in [2.24, 2.45) is 0 Å². The molecule has 0 fully saturated rings. The van der Waals surface area contributed by atoms with Crippen LogP contribution in [0.4, 0.5) is 11.4 Å². The van der Waals surface area contributed by atoms with Gasteiger partial charge in [0.25, 0.3) is 5.91 Å². The predicted molar refractivity (Wildman–Crippen MR) is 139 cm³/mol. The van der Waals surface area contributed by atoms with Crippen LogP contribution in [0.1, 0.15) is 33.5 Å². The largest absolute Gasteiger partial charge is 0.497 e. The van der Waals surface area contributed by atoms with Gasteiger partial charge < -0.3 is 24.8 Å². The molecule has 0 aliphatic carbocycles. The molecule has 2 heterocycles. The molecule has 5 rings (SSSR count). The molecule has 1 amide bonds. The van der Waals surface area contributed by atoms with E-state index in [-0.39, 0.29) is 23.5 Å². The number of carboxylic acid groups (broad SMARTS) is 1. The minimum absolute atomic E-state index is 0.110. The van der Waals surface area contributed by atoms with E-state index >= 15 is 0 Å². The number of anilines is 2. The van der Waals surface area contributed by atoms with Crippen LogP contribution in [0.3, 0.4) is 0 Å². The van der Waals surface area contributed by atoms with Crippen LogP contribution in [-0.2, 0) is 6.42 Å². The average Bonchev–Trinajstić information content (AvgIpc) is 3.30. The van der Waals surface area contributed by atoms with E-state index in [1.807, 2.05) is 61.5 Å². The molecule has 0 saturated carbocycles. The summed E-state index contributed by atoms with van der Waals surface area (Å²) in [6.45, 7) is 2.23. The molecule has 1 atom stereocenters. The average molecular weight is 499 g/mol. The van der Waals surface area contributed by atoms with Gasteiger partial charge in [-0.05, 0) is 67.9 Å². The van der Waals surface area contributed by atoms with Crippen molar-refractivity contribution in [3.05, 3.63) is 95.8 Å². The zero-order chi connectivity index (χ0) is 25.9. The van der Waals surface area contributed by atoms with Crippen molar-refractivity contribution >= 4 is 23.3 Å². The molecule has 1 unspecified atom stereocenters. The monoisotopic (exact) mass is 498 g/mol. The zero-order valence-corrected chi connectivity index (χ0v) is 20.4. The highest BCUT2D eigenvalue weighted by atomic mass is 16.5. The Balaban J connectivity index is 1.43. The number of ether oxygens (including phenoxy) is 2. The Morgan fingerprint density at radius 1 is 1.00 bits per heavy atom. The van der Waals surface area contributed by atoms with Crippen molar-refractivity contribution in [3.8, 4) is 17.2 Å². The number of hydrogen-bond acceptors (Lipinski definition) is 6. The minimum Gasteiger partial charge on any atom is -0.497 e. The standard InChI is InChI=1S/C28H26N4O5/c1-18(37-23-9-4-3-5-10-23)29-19-7-6-8-21(17-19)31-16-15-24-25(28(34)35)30-32(26(24)27(31)33)20-11-13-22(36-2)14-12-20/h3-14,17-18,29H,15-16H2,1-2H3,(H,34,35). The summed E-state index contributed by atoms with van der Waals surface area (Å²) in [6.07, 6.45) is 0.0558. The van der Waals surface area contributed by atoms with Crippen LogP contribution < -0.4 is 19.7 Å². The second-order valence-electron chi connectivity index (χ2n) is 8.57. The number of carbonyl (C=O) groups is 2. The number of methoxy groups -OCH3 is 1. The van der Waals surface area contributed by atoms with Crippen LogP contribution in [0.2, 0.25) is 0 Å². The van der Waals surface area contributed by atoms with Crippen LogP contribution in [0.15, 0.2) is 78.9 Å². The maximum atomic E-state index is 13.7. The van der Waals surface area contributed by atoms with Gasteiger partial charge in [-0.2, -0.15) is 5.10 Å². The highest BCUT2D eigenvalue weighted by molar-refractivity contribution is 6.09.